The van der Waals surface area contributed by atoms with Gasteiger partial charge in [0.2, 0.25) is 0 Å². The molecule has 1 saturated heterocycles. The molecule has 0 spiro atoms. The number of halogens is 1. The van der Waals surface area contributed by atoms with E-state index >= 15 is 0 Å². The second-order valence-corrected chi connectivity index (χ2v) is 7.91. The van der Waals surface area contributed by atoms with E-state index in [-0.39, 0.29) is 0 Å². The van der Waals surface area contributed by atoms with Crippen molar-refractivity contribution in [3.63, 3.8) is 0 Å². The molecule has 1 aliphatic heterocycles. The number of benzene rings is 1. The van der Waals surface area contributed by atoms with E-state index in [0.29, 0.717) is 11.1 Å². The largest absolute Gasteiger partial charge is 0.381 e. The Morgan fingerprint density at radius 3 is 2.88 bits per heavy atom. The van der Waals surface area contributed by atoms with E-state index in [2.05, 4.69) is 14.5 Å². The zero-order chi connectivity index (χ0) is 17.5. The lowest BCUT2D eigenvalue weighted by Crippen LogP contribution is -2.21. The predicted octanol–water partition coefficient (Wildman–Crippen LogP) is 4.64. The number of imidazole rings is 1. The second kappa shape index (κ2) is 6.61. The Hall–Kier alpha value is -2.02. The molecule has 26 heavy (non-hydrogen) atoms. The predicted molar refractivity (Wildman–Crippen MR) is 104 cm³/mol. The van der Waals surface area contributed by atoms with Crippen molar-refractivity contribution < 1.29 is 4.74 Å². The second-order valence-electron chi connectivity index (χ2n) is 6.50. The molecule has 1 fully saturated rings. The maximum atomic E-state index is 6.29. The zero-order valence-electron chi connectivity index (χ0n) is 14.1. The van der Waals surface area contributed by atoms with E-state index in [0.717, 1.165) is 65.2 Å². The van der Waals surface area contributed by atoms with Crippen molar-refractivity contribution in [3.05, 3.63) is 51.8 Å². The molecule has 132 valence electrons. The van der Waals surface area contributed by atoms with E-state index in [1.54, 1.807) is 11.3 Å². The number of hydrogen-bond donors (Lipinski definition) is 0. The summed E-state index contributed by atoms with van der Waals surface area (Å²) in [7, 11) is 0. The van der Waals surface area contributed by atoms with Gasteiger partial charge in [-0.15, -0.1) is 11.3 Å². The Morgan fingerprint density at radius 2 is 2.08 bits per heavy atom. The third kappa shape index (κ3) is 2.78. The first-order valence-electron chi connectivity index (χ1n) is 8.71. The number of nitrogens with zero attached hydrogens (tertiary/aromatic N) is 4. The summed E-state index contributed by atoms with van der Waals surface area (Å²) in [4.78, 5) is 13.9. The summed E-state index contributed by atoms with van der Waals surface area (Å²) in [6, 6.07) is 6.22. The van der Waals surface area contributed by atoms with E-state index in [9.17, 15) is 0 Å². The number of fused-ring (bicyclic) bond motifs is 3. The first-order valence-corrected chi connectivity index (χ1v) is 9.96. The van der Waals surface area contributed by atoms with Crippen LogP contribution in [-0.2, 0) is 11.2 Å². The number of rotatable bonds is 3. The van der Waals surface area contributed by atoms with Crippen LogP contribution in [0.15, 0.2) is 36.0 Å². The monoisotopic (exact) mass is 384 g/mol. The molecule has 7 heteroatoms. The number of ether oxygens (including phenoxy) is 1. The van der Waals surface area contributed by atoms with E-state index in [4.69, 9.17) is 21.3 Å². The molecule has 3 aromatic heterocycles. The molecule has 0 aliphatic carbocycles. The Labute approximate surface area is 159 Å². The van der Waals surface area contributed by atoms with Crippen molar-refractivity contribution in [2.45, 2.75) is 25.3 Å². The fourth-order valence-corrected chi connectivity index (χ4v) is 4.52. The Morgan fingerprint density at radius 1 is 1.19 bits per heavy atom. The minimum Gasteiger partial charge on any atom is -0.381 e. The SMILES string of the molecule is Clc1ccc2ncc3nc(Cc4nccs4)n(C4CCOCC4)c3c2c1. The first-order chi connectivity index (χ1) is 12.8. The third-order valence-electron chi connectivity index (χ3n) is 4.90. The van der Waals surface area contributed by atoms with Gasteiger partial charge < -0.3 is 9.30 Å². The minimum absolute atomic E-state index is 0.369. The fraction of sp³-hybridized carbons (Fsp3) is 0.316. The van der Waals surface area contributed by atoms with Gasteiger partial charge in [-0.25, -0.2) is 9.97 Å². The summed E-state index contributed by atoms with van der Waals surface area (Å²) in [5.74, 6) is 1.04. The summed E-state index contributed by atoms with van der Waals surface area (Å²) in [5.41, 5.74) is 2.98. The highest BCUT2D eigenvalue weighted by atomic mass is 35.5. The van der Waals surface area contributed by atoms with Crippen LogP contribution in [0.1, 0.15) is 29.7 Å². The van der Waals surface area contributed by atoms with Crippen LogP contribution in [0.5, 0.6) is 0 Å². The Kier molecular flexibility index (Phi) is 4.11. The van der Waals surface area contributed by atoms with Gasteiger partial charge in [0.05, 0.1) is 28.7 Å². The first kappa shape index (κ1) is 16.2. The Balaban J connectivity index is 1.77. The summed E-state index contributed by atoms with van der Waals surface area (Å²) in [6.45, 7) is 1.57. The lowest BCUT2D eigenvalue weighted by molar-refractivity contribution is 0.0700. The quantitative estimate of drug-likeness (QED) is 0.516. The molecule has 0 saturated carbocycles. The molecule has 1 aromatic carbocycles. The van der Waals surface area contributed by atoms with Gasteiger partial charge in [0.15, 0.2) is 0 Å². The molecular formula is C19H17ClN4OS. The number of pyridine rings is 1. The van der Waals surface area contributed by atoms with Gasteiger partial charge in [-0.1, -0.05) is 11.6 Å². The standard InChI is InChI=1S/C19H17ClN4OS/c20-12-1-2-15-14(9-12)19-16(11-22-15)23-17(10-18-21-5-8-26-18)24(19)13-3-6-25-7-4-13/h1-2,5,8-9,11,13H,3-4,6-7,10H2. The molecule has 0 atom stereocenters. The van der Waals surface area contributed by atoms with Crippen molar-refractivity contribution >= 4 is 44.9 Å². The van der Waals surface area contributed by atoms with Crippen molar-refractivity contribution in [1.82, 2.24) is 19.5 Å². The highest BCUT2D eigenvalue weighted by Gasteiger charge is 2.24. The number of aromatic nitrogens is 4. The lowest BCUT2D eigenvalue weighted by Gasteiger charge is -2.26. The highest BCUT2D eigenvalue weighted by Crippen LogP contribution is 2.33. The van der Waals surface area contributed by atoms with Crippen LogP contribution < -0.4 is 0 Å². The van der Waals surface area contributed by atoms with Gasteiger partial charge in [0.25, 0.3) is 0 Å². The van der Waals surface area contributed by atoms with Crippen molar-refractivity contribution in [2.24, 2.45) is 0 Å². The van der Waals surface area contributed by atoms with Gasteiger partial charge in [-0.2, -0.15) is 0 Å². The molecule has 0 radical (unpaired) electrons. The average molecular weight is 385 g/mol. The van der Waals surface area contributed by atoms with Gasteiger partial charge in [0, 0.05) is 41.2 Å². The molecule has 0 bridgehead atoms. The maximum absolute atomic E-state index is 6.29. The summed E-state index contributed by atoms with van der Waals surface area (Å²) < 4.78 is 7.97. The molecule has 0 N–H and O–H groups in total. The Bertz CT molecular complexity index is 1070. The number of hydrogen-bond acceptors (Lipinski definition) is 5. The topological polar surface area (TPSA) is 52.8 Å². The van der Waals surface area contributed by atoms with Gasteiger partial charge in [-0.05, 0) is 31.0 Å². The molecule has 0 unspecified atom stereocenters. The molecule has 5 nitrogen and oxygen atoms in total. The van der Waals surface area contributed by atoms with Gasteiger partial charge in [-0.3, -0.25) is 4.98 Å². The van der Waals surface area contributed by atoms with Gasteiger partial charge >= 0.3 is 0 Å². The van der Waals surface area contributed by atoms with Crippen molar-refractivity contribution in [1.29, 1.82) is 0 Å². The normalized spacial score (nSPS) is 15.9. The molecule has 1 aliphatic rings. The van der Waals surface area contributed by atoms with E-state index in [1.807, 2.05) is 36.0 Å². The van der Waals surface area contributed by atoms with E-state index < -0.39 is 0 Å². The van der Waals surface area contributed by atoms with Gasteiger partial charge in [0.1, 0.15) is 11.3 Å². The fourth-order valence-electron chi connectivity index (χ4n) is 3.73. The van der Waals surface area contributed by atoms with Crippen LogP contribution in [-0.4, -0.2) is 32.7 Å². The van der Waals surface area contributed by atoms with E-state index in [1.165, 1.54) is 0 Å². The maximum Gasteiger partial charge on any atom is 0.117 e. The molecule has 4 heterocycles. The summed E-state index contributed by atoms with van der Waals surface area (Å²) in [6.07, 6.45) is 6.41. The molecule has 0 amide bonds. The highest BCUT2D eigenvalue weighted by molar-refractivity contribution is 7.09. The molecule has 4 aromatic rings. The summed E-state index contributed by atoms with van der Waals surface area (Å²) >= 11 is 7.96. The van der Waals surface area contributed by atoms with Crippen LogP contribution in [0.2, 0.25) is 5.02 Å². The third-order valence-corrected chi connectivity index (χ3v) is 5.91. The smallest absolute Gasteiger partial charge is 0.117 e. The van der Waals surface area contributed by atoms with Crippen LogP contribution in [0.4, 0.5) is 0 Å². The van der Waals surface area contributed by atoms with Crippen LogP contribution in [0.25, 0.3) is 21.9 Å². The van der Waals surface area contributed by atoms with Crippen molar-refractivity contribution in [3.8, 4) is 0 Å². The summed E-state index contributed by atoms with van der Waals surface area (Å²) in [5, 5.41) is 4.85. The lowest BCUT2D eigenvalue weighted by atomic mass is 10.1. The van der Waals surface area contributed by atoms with Crippen molar-refractivity contribution in [2.75, 3.05) is 13.2 Å². The minimum atomic E-state index is 0.369. The van der Waals surface area contributed by atoms with Crippen LogP contribution in [0.3, 0.4) is 0 Å². The number of thiazole rings is 1. The average Bonchev–Trinajstić information content (AvgIpc) is 3.30. The molecule has 5 rings (SSSR count). The molecular weight excluding hydrogens is 368 g/mol. The van der Waals surface area contributed by atoms with Crippen LogP contribution in [0, 0.1) is 0 Å². The van der Waals surface area contributed by atoms with Crippen LogP contribution >= 0.6 is 22.9 Å². The zero-order valence-corrected chi connectivity index (χ0v) is 15.6.